The second kappa shape index (κ2) is 7.14. The molecule has 26 heavy (non-hydrogen) atoms. The predicted octanol–water partition coefficient (Wildman–Crippen LogP) is 3.72. The van der Waals surface area contributed by atoms with Gasteiger partial charge in [-0.05, 0) is 29.8 Å². The number of hydrogen-bond acceptors (Lipinski definition) is 4. The first-order valence-corrected chi connectivity index (χ1v) is 8.22. The Labute approximate surface area is 150 Å². The van der Waals surface area contributed by atoms with E-state index in [0.717, 1.165) is 11.3 Å². The topological polar surface area (TPSA) is 72.5 Å². The molecular weight excluding hydrogens is 330 g/mol. The first kappa shape index (κ1) is 16.0. The number of benzene rings is 2. The van der Waals surface area contributed by atoms with Gasteiger partial charge in [-0.2, -0.15) is 0 Å². The molecule has 0 saturated carbocycles. The zero-order valence-corrected chi connectivity index (χ0v) is 13.9. The Balaban J connectivity index is 1.53. The minimum absolute atomic E-state index is 0.195. The summed E-state index contributed by atoms with van der Waals surface area (Å²) in [5.41, 5.74) is 2.34. The van der Waals surface area contributed by atoms with Gasteiger partial charge in [-0.3, -0.25) is 4.98 Å². The van der Waals surface area contributed by atoms with Crippen molar-refractivity contribution >= 4 is 11.7 Å². The second-order valence-electron chi connectivity index (χ2n) is 5.76. The maximum Gasteiger partial charge on any atom is 0.320 e. The van der Waals surface area contributed by atoms with Gasteiger partial charge in [0, 0.05) is 18.0 Å². The highest BCUT2D eigenvalue weighted by atomic mass is 16.7. The molecule has 1 atom stereocenters. The molecular formula is C20H17N3O3. The fraction of sp³-hybridized carbons (Fsp3) is 0.100. The van der Waals surface area contributed by atoms with Crippen molar-refractivity contribution in [3.8, 4) is 11.5 Å². The van der Waals surface area contributed by atoms with Crippen molar-refractivity contribution in [1.82, 2.24) is 10.3 Å². The van der Waals surface area contributed by atoms with E-state index in [4.69, 9.17) is 9.47 Å². The van der Waals surface area contributed by atoms with Crippen LogP contribution in [0.3, 0.4) is 0 Å². The highest BCUT2D eigenvalue weighted by Crippen LogP contribution is 2.34. The quantitative estimate of drug-likeness (QED) is 0.754. The van der Waals surface area contributed by atoms with Crippen LogP contribution in [0.25, 0.3) is 0 Å². The third-order valence-electron chi connectivity index (χ3n) is 4.02. The van der Waals surface area contributed by atoms with Gasteiger partial charge in [-0.15, -0.1) is 0 Å². The summed E-state index contributed by atoms with van der Waals surface area (Å²) < 4.78 is 10.6. The molecule has 6 nitrogen and oxygen atoms in total. The third kappa shape index (κ3) is 3.44. The third-order valence-corrected chi connectivity index (χ3v) is 4.02. The van der Waals surface area contributed by atoms with Gasteiger partial charge < -0.3 is 20.1 Å². The molecule has 0 bridgehead atoms. The van der Waals surface area contributed by atoms with E-state index in [-0.39, 0.29) is 18.9 Å². The normalized spacial score (nSPS) is 13.1. The summed E-state index contributed by atoms with van der Waals surface area (Å²) in [5.74, 6) is 1.29. The number of nitrogens with zero attached hydrogens (tertiary/aromatic N) is 1. The molecule has 0 saturated heterocycles. The molecule has 2 amide bonds. The van der Waals surface area contributed by atoms with Crippen molar-refractivity contribution in [2.45, 2.75) is 6.04 Å². The Morgan fingerprint density at radius 1 is 0.962 bits per heavy atom. The molecule has 0 radical (unpaired) electrons. The number of pyridine rings is 1. The largest absolute Gasteiger partial charge is 0.454 e. The minimum atomic E-state index is -0.355. The lowest BCUT2D eigenvalue weighted by atomic mass is 10.0. The smallest absolute Gasteiger partial charge is 0.320 e. The van der Waals surface area contributed by atoms with E-state index in [2.05, 4.69) is 15.6 Å². The van der Waals surface area contributed by atoms with Crippen LogP contribution >= 0.6 is 0 Å². The van der Waals surface area contributed by atoms with E-state index in [0.29, 0.717) is 17.2 Å². The van der Waals surface area contributed by atoms with Crippen LogP contribution in [0.5, 0.6) is 11.5 Å². The Bertz CT molecular complexity index is 861. The van der Waals surface area contributed by atoms with E-state index < -0.39 is 0 Å². The summed E-state index contributed by atoms with van der Waals surface area (Å²) >= 11 is 0. The number of carbonyl (C=O) groups excluding carboxylic acids is 1. The van der Waals surface area contributed by atoms with Gasteiger partial charge in [-0.25, -0.2) is 4.79 Å². The van der Waals surface area contributed by atoms with Crippen molar-refractivity contribution in [3.05, 3.63) is 84.2 Å². The summed E-state index contributed by atoms with van der Waals surface area (Å²) in [6.07, 6.45) is 1.71. The zero-order chi connectivity index (χ0) is 17.8. The molecule has 1 aliphatic heterocycles. The van der Waals surface area contributed by atoms with Crippen LogP contribution in [0.1, 0.15) is 17.3 Å². The molecule has 2 aromatic carbocycles. The Morgan fingerprint density at radius 2 is 1.77 bits per heavy atom. The number of hydrogen-bond donors (Lipinski definition) is 2. The number of carbonyl (C=O) groups is 1. The number of ether oxygens (including phenoxy) is 2. The highest BCUT2D eigenvalue weighted by Gasteiger charge is 2.19. The molecule has 1 aromatic heterocycles. The predicted molar refractivity (Wildman–Crippen MR) is 97.2 cm³/mol. The van der Waals surface area contributed by atoms with Crippen molar-refractivity contribution in [2.75, 3.05) is 12.1 Å². The van der Waals surface area contributed by atoms with Crippen LogP contribution in [0.15, 0.2) is 72.9 Å². The highest BCUT2D eigenvalue weighted by molar-refractivity contribution is 5.90. The van der Waals surface area contributed by atoms with Gasteiger partial charge in [0.05, 0.1) is 11.7 Å². The van der Waals surface area contributed by atoms with E-state index >= 15 is 0 Å². The van der Waals surface area contributed by atoms with Gasteiger partial charge in [0.2, 0.25) is 6.79 Å². The summed E-state index contributed by atoms with van der Waals surface area (Å²) in [6.45, 7) is 0.195. The molecule has 130 valence electrons. The number of nitrogens with one attached hydrogen (secondary N) is 2. The molecule has 1 unspecified atom stereocenters. The average Bonchev–Trinajstić information content (AvgIpc) is 3.15. The van der Waals surface area contributed by atoms with Gasteiger partial charge in [0.25, 0.3) is 0 Å². The molecule has 1 aliphatic rings. The Kier molecular flexibility index (Phi) is 4.38. The fourth-order valence-electron chi connectivity index (χ4n) is 2.79. The lowest BCUT2D eigenvalue weighted by Crippen LogP contribution is -2.33. The van der Waals surface area contributed by atoms with E-state index in [1.54, 1.807) is 24.4 Å². The van der Waals surface area contributed by atoms with Crippen molar-refractivity contribution in [3.63, 3.8) is 0 Å². The van der Waals surface area contributed by atoms with Crippen LogP contribution in [-0.2, 0) is 0 Å². The summed E-state index contributed by atoms with van der Waals surface area (Å²) in [7, 11) is 0. The van der Waals surface area contributed by atoms with Crippen LogP contribution in [0.2, 0.25) is 0 Å². The minimum Gasteiger partial charge on any atom is -0.454 e. The molecule has 2 heterocycles. The molecule has 2 N–H and O–H groups in total. The van der Waals surface area contributed by atoms with E-state index in [9.17, 15) is 4.79 Å². The van der Waals surface area contributed by atoms with Gasteiger partial charge in [0.15, 0.2) is 11.5 Å². The number of rotatable bonds is 4. The van der Waals surface area contributed by atoms with Crippen LogP contribution in [0.4, 0.5) is 10.5 Å². The number of fused-ring (bicyclic) bond motifs is 1. The maximum absolute atomic E-state index is 12.5. The van der Waals surface area contributed by atoms with Crippen LogP contribution in [0, 0.1) is 0 Å². The Hall–Kier alpha value is -3.54. The molecule has 0 spiro atoms. The van der Waals surface area contributed by atoms with Gasteiger partial charge in [0.1, 0.15) is 0 Å². The number of aromatic nitrogens is 1. The van der Waals surface area contributed by atoms with Crippen LogP contribution < -0.4 is 20.1 Å². The lowest BCUT2D eigenvalue weighted by Gasteiger charge is -2.19. The standard InChI is InChI=1S/C20H17N3O3/c24-20(22-15-9-10-17-18(12-15)26-13-25-17)23-19(14-6-2-1-3-7-14)16-8-4-5-11-21-16/h1-12,19H,13H2,(H2,22,23,24). The zero-order valence-electron chi connectivity index (χ0n) is 13.9. The molecule has 3 aromatic rings. The second-order valence-corrected chi connectivity index (χ2v) is 5.76. The average molecular weight is 347 g/mol. The molecule has 0 aliphatic carbocycles. The first-order chi connectivity index (χ1) is 12.8. The van der Waals surface area contributed by atoms with Crippen molar-refractivity contribution < 1.29 is 14.3 Å². The summed E-state index contributed by atoms with van der Waals surface area (Å²) in [4.78, 5) is 16.9. The van der Waals surface area contributed by atoms with Crippen molar-refractivity contribution in [2.24, 2.45) is 0 Å². The molecule has 6 heteroatoms. The first-order valence-electron chi connectivity index (χ1n) is 8.22. The van der Waals surface area contributed by atoms with Gasteiger partial charge in [-0.1, -0.05) is 36.4 Å². The Morgan fingerprint density at radius 3 is 2.58 bits per heavy atom. The number of urea groups is 1. The van der Waals surface area contributed by atoms with Crippen LogP contribution in [-0.4, -0.2) is 17.8 Å². The SMILES string of the molecule is O=C(Nc1ccc2c(c1)OCO2)NC(c1ccccc1)c1ccccn1. The maximum atomic E-state index is 12.5. The summed E-state index contributed by atoms with van der Waals surface area (Å²) in [6, 6.07) is 19.9. The van der Waals surface area contributed by atoms with E-state index in [1.807, 2.05) is 48.5 Å². The lowest BCUT2D eigenvalue weighted by molar-refractivity contribution is 0.174. The molecule has 4 rings (SSSR count). The molecule has 0 fully saturated rings. The summed E-state index contributed by atoms with van der Waals surface area (Å²) in [5, 5.41) is 5.81. The number of amides is 2. The van der Waals surface area contributed by atoms with E-state index in [1.165, 1.54) is 0 Å². The van der Waals surface area contributed by atoms with Gasteiger partial charge >= 0.3 is 6.03 Å². The monoisotopic (exact) mass is 347 g/mol. The fourth-order valence-corrected chi connectivity index (χ4v) is 2.79. The number of anilines is 1. The van der Waals surface area contributed by atoms with Crippen molar-refractivity contribution in [1.29, 1.82) is 0 Å².